The molecule has 3 rings (SSSR count). The first-order valence-electron chi connectivity index (χ1n) is 10.2. The molecular formula is C24H23F3O6. The van der Waals surface area contributed by atoms with Gasteiger partial charge in [-0.25, -0.2) is 4.79 Å². The van der Waals surface area contributed by atoms with Gasteiger partial charge >= 0.3 is 12.1 Å². The lowest BCUT2D eigenvalue weighted by atomic mass is 10.2. The second-order valence-corrected chi connectivity index (χ2v) is 7.95. The number of carbonyl (C=O) groups is 1. The fraction of sp³-hybridized carbons (Fsp3) is 0.333. The Morgan fingerprint density at radius 2 is 1.79 bits per heavy atom. The molecule has 176 valence electrons. The van der Waals surface area contributed by atoms with E-state index in [-0.39, 0.29) is 35.0 Å². The average molecular weight is 464 g/mol. The van der Waals surface area contributed by atoms with Crippen LogP contribution in [0.3, 0.4) is 0 Å². The van der Waals surface area contributed by atoms with E-state index in [0.717, 1.165) is 11.6 Å². The number of carbonyl (C=O) groups excluding carboxylic acids is 1. The van der Waals surface area contributed by atoms with Gasteiger partial charge in [0, 0.05) is 6.07 Å². The smallest absolute Gasteiger partial charge is 0.453 e. The Hall–Kier alpha value is -3.49. The number of halogens is 3. The minimum Gasteiger partial charge on any atom is -0.479 e. The monoisotopic (exact) mass is 464 g/mol. The van der Waals surface area contributed by atoms with E-state index >= 15 is 0 Å². The second-order valence-electron chi connectivity index (χ2n) is 7.95. The first-order valence-corrected chi connectivity index (χ1v) is 10.2. The third-order valence-electron chi connectivity index (χ3n) is 4.49. The van der Waals surface area contributed by atoms with Gasteiger partial charge in [0.1, 0.15) is 17.1 Å². The first kappa shape index (κ1) is 24.2. The van der Waals surface area contributed by atoms with E-state index in [0.29, 0.717) is 0 Å². The van der Waals surface area contributed by atoms with Crippen molar-refractivity contribution in [2.75, 3.05) is 6.61 Å². The molecule has 0 N–H and O–H groups in total. The maximum absolute atomic E-state index is 13.7. The summed E-state index contributed by atoms with van der Waals surface area (Å²) < 4.78 is 62.0. The zero-order chi connectivity index (χ0) is 24.3. The van der Waals surface area contributed by atoms with E-state index in [1.165, 1.54) is 31.2 Å². The zero-order valence-corrected chi connectivity index (χ0v) is 18.5. The third kappa shape index (κ3) is 5.85. The Morgan fingerprint density at radius 3 is 2.42 bits per heavy atom. The minimum absolute atomic E-state index is 0.0418. The SMILES string of the molecule is Cc1cccc(Oc2c(C(F)(F)F)oc3cc(O[C@@H](C)C(=O)OCC(C)C)ccc3c2=O)c1. The number of rotatable bonds is 7. The van der Waals surface area contributed by atoms with Crippen LogP contribution in [0.2, 0.25) is 0 Å². The van der Waals surface area contributed by atoms with Gasteiger partial charge < -0.3 is 18.6 Å². The molecule has 0 aliphatic carbocycles. The molecule has 33 heavy (non-hydrogen) atoms. The Labute approximate surface area is 187 Å². The van der Waals surface area contributed by atoms with Crippen LogP contribution >= 0.6 is 0 Å². The molecule has 3 aromatic rings. The Bertz CT molecular complexity index is 1210. The Morgan fingerprint density at radius 1 is 1.06 bits per heavy atom. The predicted octanol–water partition coefficient (Wildman–Crippen LogP) is 5.88. The van der Waals surface area contributed by atoms with Gasteiger partial charge in [-0.05, 0) is 49.6 Å². The van der Waals surface area contributed by atoms with Crippen molar-refractivity contribution in [3.63, 3.8) is 0 Å². The van der Waals surface area contributed by atoms with Crippen molar-refractivity contribution in [3.05, 3.63) is 64.0 Å². The molecule has 0 fully saturated rings. The van der Waals surface area contributed by atoms with Crippen LogP contribution in [0.25, 0.3) is 11.0 Å². The fourth-order valence-corrected chi connectivity index (χ4v) is 2.92. The number of benzene rings is 2. The molecule has 9 heteroatoms. The van der Waals surface area contributed by atoms with Crippen molar-refractivity contribution in [1.29, 1.82) is 0 Å². The van der Waals surface area contributed by atoms with Crippen molar-refractivity contribution in [2.45, 2.75) is 40.0 Å². The van der Waals surface area contributed by atoms with Gasteiger partial charge in [-0.15, -0.1) is 0 Å². The predicted molar refractivity (Wildman–Crippen MR) is 115 cm³/mol. The van der Waals surface area contributed by atoms with Crippen molar-refractivity contribution < 1.29 is 36.6 Å². The summed E-state index contributed by atoms with van der Waals surface area (Å²) in [4.78, 5) is 24.9. The summed E-state index contributed by atoms with van der Waals surface area (Å²) in [5.74, 6) is -2.90. The van der Waals surface area contributed by atoms with E-state index in [1.807, 2.05) is 13.8 Å². The molecule has 1 heterocycles. The van der Waals surface area contributed by atoms with E-state index in [1.54, 1.807) is 19.1 Å². The van der Waals surface area contributed by atoms with Gasteiger partial charge in [0.25, 0.3) is 5.76 Å². The normalized spacial score (nSPS) is 12.6. The molecule has 6 nitrogen and oxygen atoms in total. The summed E-state index contributed by atoms with van der Waals surface area (Å²) in [5.41, 5.74) is -0.598. The fourth-order valence-electron chi connectivity index (χ4n) is 2.92. The lowest BCUT2D eigenvalue weighted by molar-refractivity contribution is -0.154. The molecule has 0 aliphatic heterocycles. The standard InChI is InChI=1S/C24H23F3O6/c1-13(2)12-30-23(29)15(4)31-17-8-9-18-19(11-17)33-22(24(25,26)27)21(20(18)28)32-16-7-5-6-14(3)10-16/h5-11,13,15H,12H2,1-4H3/t15-/m0/s1. The summed E-state index contributed by atoms with van der Waals surface area (Å²) in [6.45, 7) is 7.14. The molecule has 0 radical (unpaired) electrons. The van der Waals surface area contributed by atoms with E-state index in [2.05, 4.69) is 0 Å². The van der Waals surface area contributed by atoms with Crippen LogP contribution in [0.5, 0.6) is 17.2 Å². The van der Waals surface area contributed by atoms with Crippen molar-refractivity contribution in [1.82, 2.24) is 0 Å². The van der Waals surface area contributed by atoms with Gasteiger partial charge in [-0.2, -0.15) is 13.2 Å². The van der Waals surface area contributed by atoms with E-state index < -0.39 is 35.2 Å². The topological polar surface area (TPSA) is 75.0 Å². The summed E-state index contributed by atoms with van der Waals surface area (Å²) in [6.07, 6.45) is -6.00. The van der Waals surface area contributed by atoms with Crippen LogP contribution in [0, 0.1) is 12.8 Å². The molecule has 0 saturated carbocycles. The third-order valence-corrected chi connectivity index (χ3v) is 4.49. The number of ether oxygens (including phenoxy) is 3. The molecule has 0 spiro atoms. The second kappa shape index (κ2) is 9.56. The van der Waals surface area contributed by atoms with Gasteiger partial charge in [-0.1, -0.05) is 26.0 Å². The summed E-state index contributed by atoms with van der Waals surface area (Å²) >= 11 is 0. The molecule has 2 aromatic carbocycles. The Kier molecular flexibility index (Phi) is 7.00. The largest absolute Gasteiger partial charge is 0.479 e. The van der Waals surface area contributed by atoms with E-state index in [4.69, 9.17) is 18.6 Å². The van der Waals surface area contributed by atoms with Crippen molar-refractivity contribution >= 4 is 16.9 Å². The number of aryl methyl sites for hydroxylation is 1. The quantitative estimate of drug-likeness (QED) is 0.407. The highest BCUT2D eigenvalue weighted by Gasteiger charge is 2.40. The number of hydrogen-bond donors (Lipinski definition) is 0. The molecule has 0 aliphatic rings. The van der Waals surface area contributed by atoms with Gasteiger partial charge in [0.2, 0.25) is 11.2 Å². The van der Waals surface area contributed by atoms with Gasteiger partial charge in [-0.3, -0.25) is 4.79 Å². The van der Waals surface area contributed by atoms with Crippen molar-refractivity contribution in [3.8, 4) is 17.2 Å². The lowest BCUT2D eigenvalue weighted by Crippen LogP contribution is -2.27. The maximum atomic E-state index is 13.7. The van der Waals surface area contributed by atoms with Crippen LogP contribution in [0.15, 0.2) is 51.7 Å². The molecular weight excluding hydrogens is 441 g/mol. The summed E-state index contributed by atoms with van der Waals surface area (Å²) in [7, 11) is 0. The molecule has 0 unspecified atom stereocenters. The highest BCUT2D eigenvalue weighted by atomic mass is 19.4. The number of esters is 1. The summed E-state index contributed by atoms with van der Waals surface area (Å²) in [6, 6.07) is 10.0. The minimum atomic E-state index is -4.99. The highest BCUT2D eigenvalue weighted by molar-refractivity contribution is 5.80. The number of hydrogen-bond acceptors (Lipinski definition) is 6. The van der Waals surface area contributed by atoms with Crippen LogP contribution in [0.4, 0.5) is 13.2 Å². The summed E-state index contributed by atoms with van der Waals surface area (Å²) in [5, 5.41) is -0.131. The maximum Gasteiger partial charge on any atom is 0.453 e. The first-order chi connectivity index (χ1) is 15.5. The number of fused-ring (bicyclic) bond motifs is 1. The molecule has 0 amide bonds. The Balaban J connectivity index is 1.98. The van der Waals surface area contributed by atoms with E-state index in [9.17, 15) is 22.8 Å². The van der Waals surface area contributed by atoms with Crippen LogP contribution in [-0.4, -0.2) is 18.7 Å². The van der Waals surface area contributed by atoms with Gasteiger partial charge in [0.05, 0.1) is 12.0 Å². The highest BCUT2D eigenvalue weighted by Crippen LogP contribution is 2.38. The average Bonchev–Trinajstić information content (AvgIpc) is 2.73. The molecule has 1 aromatic heterocycles. The zero-order valence-electron chi connectivity index (χ0n) is 18.5. The molecule has 0 bridgehead atoms. The lowest BCUT2D eigenvalue weighted by Gasteiger charge is -2.16. The van der Waals surface area contributed by atoms with Crippen LogP contribution in [0.1, 0.15) is 32.1 Å². The van der Waals surface area contributed by atoms with Gasteiger partial charge in [0.15, 0.2) is 6.10 Å². The molecule has 0 saturated heterocycles. The van der Waals surface area contributed by atoms with Crippen LogP contribution in [-0.2, 0) is 15.7 Å². The van der Waals surface area contributed by atoms with Crippen molar-refractivity contribution in [2.24, 2.45) is 5.92 Å². The molecule has 1 atom stereocenters. The van der Waals surface area contributed by atoms with Crippen LogP contribution < -0.4 is 14.9 Å². The number of alkyl halides is 3.